The van der Waals surface area contributed by atoms with E-state index in [-0.39, 0.29) is 66.8 Å². The number of carbonyl (C=O) groups is 4. The van der Waals surface area contributed by atoms with Gasteiger partial charge in [0.25, 0.3) is 0 Å². The number of imide groups is 1. The smallest absolute Gasteiger partial charge is 0.243 e. The van der Waals surface area contributed by atoms with Crippen LogP contribution in [0.25, 0.3) is 0 Å². The number of nitrogens with one attached hydrogen (secondary N) is 1. The summed E-state index contributed by atoms with van der Waals surface area (Å²) in [6, 6.07) is 5.29. The van der Waals surface area contributed by atoms with Gasteiger partial charge in [0.1, 0.15) is 11.9 Å². The summed E-state index contributed by atoms with van der Waals surface area (Å²) in [5.41, 5.74) is 0.707. The summed E-state index contributed by atoms with van der Waals surface area (Å²) in [6.45, 7) is 2.01. The minimum absolute atomic E-state index is 0.00406. The maximum Gasteiger partial charge on any atom is 0.243 e. The molecule has 8 heteroatoms. The molecule has 2 aliphatic carbocycles. The molecule has 1 saturated heterocycles. The van der Waals surface area contributed by atoms with Gasteiger partial charge in [-0.25, -0.2) is 4.39 Å². The van der Waals surface area contributed by atoms with Crippen molar-refractivity contribution in [3.05, 3.63) is 47.8 Å². The van der Waals surface area contributed by atoms with Gasteiger partial charge in [-0.05, 0) is 49.8 Å². The average Bonchev–Trinajstić information content (AvgIpc) is 3.13. The molecule has 3 aliphatic rings. The molecular weight excluding hydrogens is 461 g/mol. The highest BCUT2D eigenvalue weighted by molar-refractivity contribution is 6.05. The molecule has 194 valence electrons. The van der Waals surface area contributed by atoms with Crippen LogP contribution in [-0.2, 0) is 25.7 Å². The molecule has 2 fully saturated rings. The fourth-order valence-electron chi connectivity index (χ4n) is 5.69. The normalized spacial score (nSPS) is 22.9. The Bertz CT molecular complexity index is 977. The number of halogens is 1. The Morgan fingerprint density at radius 1 is 1.03 bits per heavy atom. The minimum atomic E-state index is -0.693. The Balaban J connectivity index is 1.47. The molecule has 4 rings (SSSR count). The topological polar surface area (TPSA) is 86.8 Å². The number of fused-ring (bicyclic) bond motifs is 1. The van der Waals surface area contributed by atoms with Gasteiger partial charge in [0.2, 0.25) is 23.6 Å². The van der Waals surface area contributed by atoms with E-state index in [1.54, 1.807) is 12.1 Å². The summed E-state index contributed by atoms with van der Waals surface area (Å²) >= 11 is 0. The molecule has 1 aliphatic heterocycles. The summed E-state index contributed by atoms with van der Waals surface area (Å²) in [4.78, 5) is 55.2. The predicted molar refractivity (Wildman–Crippen MR) is 133 cm³/mol. The second kappa shape index (κ2) is 11.8. The Morgan fingerprint density at radius 3 is 2.22 bits per heavy atom. The van der Waals surface area contributed by atoms with Crippen molar-refractivity contribution in [2.45, 2.75) is 83.3 Å². The van der Waals surface area contributed by atoms with Crippen LogP contribution in [0.1, 0.15) is 70.3 Å². The first-order chi connectivity index (χ1) is 17.4. The van der Waals surface area contributed by atoms with E-state index in [0.717, 1.165) is 25.7 Å². The van der Waals surface area contributed by atoms with Gasteiger partial charge in [-0.2, -0.15) is 0 Å². The van der Waals surface area contributed by atoms with E-state index in [2.05, 4.69) is 5.32 Å². The Kier molecular flexibility index (Phi) is 8.54. The monoisotopic (exact) mass is 497 g/mol. The molecule has 1 aromatic carbocycles. The van der Waals surface area contributed by atoms with E-state index in [9.17, 15) is 23.6 Å². The van der Waals surface area contributed by atoms with Crippen molar-refractivity contribution in [1.29, 1.82) is 0 Å². The Labute approximate surface area is 212 Å². The van der Waals surface area contributed by atoms with Crippen molar-refractivity contribution < 1.29 is 23.6 Å². The maximum atomic E-state index is 13.5. The fraction of sp³-hybridized carbons (Fsp3) is 0.571. The van der Waals surface area contributed by atoms with Gasteiger partial charge in [0, 0.05) is 25.6 Å². The van der Waals surface area contributed by atoms with Crippen LogP contribution >= 0.6 is 0 Å². The van der Waals surface area contributed by atoms with E-state index >= 15 is 0 Å². The van der Waals surface area contributed by atoms with Crippen LogP contribution in [0.5, 0.6) is 0 Å². The first-order valence-corrected chi connectivity index (χ1v) is 13.2. The second-order valence-corrected chi connectivity index (χ2v) is 10.1. The first-order valence-electron chi connectivity index (χ1n) is 13.2. The molecule has 36 heavy (non-hydrogen) atoms. The van der Waals surface area contributed by atoms with Crippen LogP contribution in [0, 0.1) is 17.7 Å². The van der Waals surface area contributed by atoms with E-state index in [4.69, 9.17) is 0 Å². The lowest BCUT2D eigenvalue weighted by Gasteiger charge is -2.33. The number of benzene rings is 1. The third-order valence-electron chi connectivity index (χ3n) is 7.75. The predicted octanol–water partition coefficient (Wildman–Crippen LogP) is 3.72. The van der Waals surface area contributed by atoms with Crippen LogP contribution in [0.3, 0.4) is 0 Å². The van der Waals surface area contributed by atoms with Gasteiger partial charge in [-0.3, -0.25) is 24.1 Å². The van der Waals surface area contributed by atoms with Crippen molar-refractivity contribution >= 4 is 23.6 Å². The van der Waals surface area contributed by atoms with E-state index in [1.165, 1.54) is 28.4 Å². The number of allylic oxidation sites excluding steroid dienone is 2. The number of amides is 4. The Hall–Kier alpha value is -3.03. The molecule has 1 N–H and O–H groups in total. The number of nitrogens with zero attached hydrogens (tertiary/aromatic N) is 2. The molecule has 1 aromatic rings. The highest BCUT2D eigenvalue weighted by atomic mass is 19.1. The van der Waals surface area contributed by atoms with E-state index < -0.39 is 6.04 Å². The number of rotatable bonds is 9. The molecule has 4 amide bonds. The first kappa shape index (κ1) is 26.0. The van der Waals surface area contributed by atoms with Gasteiger partial charge >= 0.3 is 0 Å². The summed E-state index contributed by atoms with van der Waals surface area (Å²) in [7, 11) is 0. The van der Waals surface area contributed by atoms with Crippen LogP contribution < -0.4 is 5.32 Å². The standard InChI is InChI=1S/C28H36FN3O4/c1-2-24(26(34)30-21-8-4-3-5-9-21)32(18-19-12-14-20(29)15-13-19)25(33)16-17-31-27(35)22-10-6-7-11-23(22)28(31)36/h6-7,12-15,21-24H,2-5,8-11,16-18H2,1H3,(H,30,34)/t22-,23+,24?. The van der Waals surface area contributed by atoms with Crippen molar-refractivity contribution in [2.24, 2.45) is 11.8 Å². The van der Waals surface area contributed by atoms with Gasteiger partial charge < -0.3 is 10.2 Å². The third kappa shape index (κ3) is 5.85. The van der Waals surface area contributed by atoms with Crippen molar-refractivity contribution in [1.82, 2.24) is 15.1 Å². The van der Waals surface area contributed by atoms with E-state index in [1.807, 2.05) is 19.1 Å². The zero-order valence-corrected chi connectivity index (χ0v) is 21.0. The molecule has 3 atom stereocenters. The number of likely N-dealkylation sites (tertiary alicyclic amines) is 1. The largest absolute Gasteiger partial charge is 0.352 e. The van der Waals surface area contributed by atoms with E-state index in [0.29, 0.717) is 24.8 Å². The molecule has 1 heterocycles. The maximum absolute atomic E-state index is 13.5. The molecule has 0 bridgehead atoms. The summed E-state index contributed by atoms with van der Waals surface area (Å²) in [6.07, 6.45) is 10.5. The molecule has 1 unspecified atom stereocenters. The highest BCUT2D eigenvalue weighted by Crippen LogP contribution is 2.35. The molecule has 0 spiro atoms. The van der Waals surface area contributed by atoms with Crippen LogP contribution in [0.15, 0.2) is 36.4 Å². The summed E-state index contributed by atoms with van der Waals surface area (Å²) < 4.78 is 13.5. The van der Waals surface area contributed by atoms with Crippen molar-refractivity contribution in [3.8, 4) is 0 Å². The van der Waals surface area contributed by atoms with Gasteiger partial charge in [-0.1, -0.05) is 50.5 Å². The van der Waals surface area contributed by atoms with Crippen molar-refractivity contribution in [2.75, 3.05) is 6.54 Å². The van der Waals surface area contributed by atoms with Crippen molar-refractivity contribution in [3.63, 3.8) is 0 Å². The lowest BCUT2D eigenvalue weighted by Crippen LogP contribution is -2.52. The second-order valence-electron chi connectivity index (χ2n) is 10.1. The summed E-state index contributed by atoms with van der Waals surface area (Å²) in [5, 5.41) is 3.13. The van der Waals surface area contributed by atoms with Crippen LogP contribution in [0.4, 0.5) is 4.39 Å². The summed E-state index contributed by atoms with van der Waals surface area (Å²) in [5.74, 6) is -1.97. The third-order valence-corrected chi connectivity index (χ3v) is 7.75. The number of hydrogen-bond acceptors (Lipinski definition) is 4. The lowest BCUT2D eigenvalue weighted by atomic mass is 9.85. The molecule has 0 radical (unpaired) electrons. The highest BCUT2D eigenvalue weighted by Gasteiger charge is 2.47. The number of hydrogen-bond donors (Lipinski definition) is 1. The Morgan fingerprint density at radius 2 is 1.64 bits per heavy atom. The van der Waals surface area contributed by atoms with Gasteiger partial charge in [-0.15, -0.1) is 0 Å². The van der Waals surface area contributed by atoms with Gasteiger partial charge in [0.05, 0.1) is 11.8 Å². The molecule has 0 aromatic heterocycles. The van der Waals surface area contributed by atoms with Crippen LogP contribution in [0.2, 0.25) is 0 Å². The number of carbonyl (C=O) groups excluding carboxylic acids is 4. The quantitative estimate of drug-likeness (QED) is 0.416. The van der Waals surface area contributed by atoms with Gasteiger partial charge in [0.15, 0.2) is 0 Å². The SMILES string of the molecule is CCC(C(=O)NC1CCCCC1)N(Cc1ccc(F)cc1)C(=O)CCN1C(=O)[C@H]2CC=CC[C@H]2C1=O. The molecule has 7 nitrogen and oxygen atoms in total. The zero-order chi connectivity index (χ0) is 25.7. The zero-order valence-electron chi connectivity index (χ0n) is 21.0. The van der Waals surface area contributed by atoms with Crippen LogP contribution in [-0.4, -0.2) is 52.1 Å². The molecular formula is C28H36FN3O4. The molecule has 1 saturated carbocycles. The fourth-order valence-corrected chi connectivity index (χ4v) is 5.69. The lowest BCUT2D eigenvalue weighted by molar-refractivity contribution is -0.144. The average molecular weight is 498 g/mol. The minimum Gasteiger partial charge on any atom is -0.352 e.